The van der Waals surface area contributed by atoms with Crippen LogP contribution in [0.1, 0.15) is 33.9 Å². The lowest BCUT2D eigenvalue weighted by Crippen LogP contribution is -2.29. The first kappa shape index (κ1) is 16.8. The Morgan fingerprint density at radius 3 is 2.58 bits per heavy atom. The van der Waals surface area contributed by atoms with Gasteiger partial charge in [0.15, 0.2) is 0 Å². The van der Waals surface area contributed by atoms with Crippen LogP contribution < -0.4 is 0 Å². The third-order valence-electron chi connectivity index (χ3n) is 4.01. The van der Waals surface area contributed by atoms with Gasteiger partial charge >= 0.3 is 0 Å². The maximum atomic E-state index is 13.1. The fourth-order valence-electron chi connectivity index (χ4n) is 2.41. The summed E-state index contributed by atoms with van der Waals surface area (Å²) in [5, 5.41) is 4.88. The van der Waals surface area contributed by atoms with Crippen molar-refractivity contribution >= 4 is 28.6 Å². The molecule has 2 aromatic heterocycles. The molecule has 3 nitrogen and oxygen atoms in total. The quantitative estimate of drug-likeness (QED) is 0.644. The molecule has 1 atom stereocenters. The van der Waals surface area contributed by atoms with Crippen molar-refractivity contribution in [2.24, 2.45) is 0 Å². The minimum atomic E-state index is -0.279. The second-order valence-corrected chi connectivity index (χ2v) is 7.37. The van der Waals surface area contributed by atoms with E-state index in [2.05, 4.69) is 4.98 Å². The second kappa shape index (κ2) is 6.83. The predicted octanol–water partition coefficient (Wildman–Crippen LogP) is 5.15. The highest BCUT2D eigenvalue weighted by Gasteiger charge is 2.23. The van der Waals surface area contributed by atoms with Gasteiger partial charge in [-0.3, -0.25) is 4.79 Å². The minimum absolute atomic E-state index is 0.0664. The zero-order chi connectivity index (χ0) is 17.3. The van der Waals surface area contributed by atoms with Gasteiger partial charge in [-0.15, -0.1) is 11.3 Å². The first-order valence-electron chi connectivity index (χ1n) is 7.50. The molecule has 0 fully saturated rings. The number of halogens is 1. The number of aromatic nitrogens is 1. The van der Waals surface area contributed by atoms with E-state index in [0.717, 1.165) is 21.8 Å². The highest BCUT2D eigenvalue weighted by molar-refractivity contribution is 7.17. The number of thiophene rings is 1. The van der Waals surface area contributed by atoms with Gasteiger partial charge in [-0.25, -0.2) is 9.37 Å². The van der Waals surface area contributed by atoms with Crippen LogP contribution in [0.3, 0.4) is 0 Å². The van der Waals surface area contributed by atoms with Gasteiger partial charge in [0.2, 0.25) is 0 Å². The normalized spacial score (nSPS) is 12.2. The smallest absolute Gasteiger partial charge is 0.266 e. The van der Waals surface area contributed by atoms with E-state index in [9.17, 15) is 9.18 Å². The molecule has 0 radical (unpaired) electrons. The number of amides is 1. The molecular formula is C18H17FN2OS2. The summed E-state index contributed by atoms with van der Waals surface area (Å²) < 4.78 is 13.1. The average molecular weight is 360 g/mol. The van der Waals surface area contributed by atoms with Crippen molar-refractivity contribution in [2.75, 3.05) is 7.05 Å². The summed E-state index contributed by atoms with van der Waals surface area (Å²) in [4.78, 5) is 19.7. The van der Waals surface area contributed by atoms with E-state index in [1.165, 1.54) is 23.5 Å². The van der Waals surface area contributed by atoms with Gasteiger partial charge in [-0.1, -0.05) is 12.1 Å². The van der Waals surface area contributed by atoms with Crippen LogP contribution >= 0.6 is 22.7 Å². The van der Waals surface area contributed by atoms with Gasteiger partial charge in [0.25, 0.3) is 5.91 Å². The van der Waals surface area contributed by atoms with E-state index >= 15 is 0 Å². The lowest BCUT2D eigenvalue weighted by molar-refractivity contribution is 0.0746. The van der Waals surface area contributed by atoms with Crippen LogP contribution in [0.2, 0.25) is 0 Å². The van der Waals surface area contributed by atoms with Gasteiger partial charge < -0.3 is 4.90 Å². The van der Waals surface area contributed by atoms with Crippen LogP contribution in [-0.2, 0) is 0 Å². The Morgan fingerprint density at radius 1 is 1.25 bits per heavy atom. The monoisotopic (exact) mass is 360 g/mol. The van der Waals surface area contributed by atoms with Crippen molar-refractivity contribution in [3.63, 3.8) is 0 Å². The van der Waals surface area contributed by atoms with Crippen LogP contribution in [0.25, 0.3) is 10.6 Å². The molecule has 1 amide bonds. The Morgan fingerprint density at radius 2 is 1.96 bits per heavy atom. The number of carbonyl (C=O) groups excluding carboxylic acids is 1. The van der Waals surface area contributed by atoms with Gasteiger partial charge in [0.05, 0.1) is 11.7 Å². The predicted molar refractivity (Wildman–Crippen MR) is 97.1 cm³/mol. The summed E-state index contributed by atoms with van der Waals surface area (Å²) in [7, 11) is 1.76. The van der Waals surface area contributed by atoms with Crippen LogP contribution in [0.5, 0.6) is 0 Å². The SMILES string of the molecule is Cc1nc(-c2ccsc2)sc1C(=O)N(C)C(C)c1ccc(F)cc1. The minimum Gasteiger partial charge on any atom is -0.334 e. The highest BCUT2D eigenvalue weighted by Crippen LogP contribution is 2.31. The van der Waals surface area contributed by atoms with Crippen molar-refractivity contribution in [1.29, 1.82) is 0 Å². The molecule has 1 unspecified atom stereocenters. The Hall–Kier alpha value is -2.05. The number of benzene rings is 1. The van der Waals surface area contributed by atoms with Crippen LogP contribution in [0.15, 0.2) is 41.1 Å². The number of hydrogen-bond donors (Lipinski definition) is 0. The summed E-state index contributed by atoms with van der Waals surface area (Å²) in [6.45, 7) is 3.79. The molecule has 24 heavy (non-hydrogen) atoms. The first-order chi connectivity index (χ1) is 11.5. The number of aryl methyl sites for hydroxylation is 1. The topological polar surface area (TPSA) is 33.2 Å². The molecule has 2 heterocycles. The van der Waals surface area contributed by atoms with Crippen molar-refractivity contribution in [3.05, 3.63) is 63.0 Å². The average Bonchev–Trinajstić information content (AvgIpc) is 3.23. The van der Waals surface area contributed by atoms with E-state index in [1.807, 2.05) is 30.7 Å². The lowest BCUT2D eigenvalue weighted by atomic mass is 10.1. The Labute approximate surface area is 148 Å². The Bertz CT molecular complexity index is 841. The van der Waals surface area contributed by atoms with Crippen molar-refractivity contribution in [2.45, 2.75) is 19.9 Å². The number of rotatable bonds is 4. The standard InChI is InChI=1S/C18H17FN2OS2/c1-11-16(24-17(20-11)14-8-9-23-10-14)18(22)21(3)12(2)13-4-6-15(19)7-5-13/h4-10,12H,1-3H3. The molecule has 0 aliphatic rings. The van der Waals surface area contributed by atoms with Crippen molar-refractivity contribution in [3.8, 4) is 10.6 Å². The molecule has 0 saturated heterocycles. The van der Waals surface area contributed by atoms with Crippen molar-refractivity contribution < 1.29 is 9.18 Å². The largest absolute Gasteiger partial charge is 0.334 e. The molecule has 0 aliphatic heterocycles. The van der Waals surface area contributed by atoms with Gasteiger partial charge in [-0.05, 0) is 43.0 Å². The number of nitrogens with zero attached hydrogens (tertiary/aromatic N) is 2. The second-order valence-electron chi connectivity index (χ2n) is 5.59. The number of carbonyl (C=O) groups is 1. The molecular weight excluding hydrogens is 343 g/mol. The van der Waals surface area contributed by atoms with Crippen molar-refractivity contribution in [1.82, 2.24) is 9.88 Å². The van der Waals surface area contributed by atoms with E-state index in [1.54, 1.807) is 35.4 Å². The van der Waals surface area contributed by atoms with Crippen LogP contribution in [0, 0.1) is 12.7 Å². The lowest BCUT2D eigenvalue weighted by Gasteiger charge is -2.25. The maximum Gasteiger partial charge on any atom is 0.266 e. The summed E-state index contributed by atoms with van der Waals surface area (Å²) in [5.74, 6) is -0.345. The maximum absolute atomic E-state index is 13.1. The summed E-state index contributed by atoms with van der Waals surface area (Å²) in [6, 6.07) is 8.10. The number of hydrogen-bond acceptors (Lipinski definition) is 4. The van der Waals surface area contributed by atoms with E-state index in [0.29, 0.717) is 4.88 Å². The molecule has 0 bridgehead atoms. The Balaban J connectivity index is 1.84. The molecule has 0 saturated carbocycles. The van der Waals surface area contributed by atoms with Crippen LogP contribution in [0.4, 0.5) is 4.39 Å². The number of thiazole rings is 1. The van der Waals surface area contributed by atoms with Crippen LogP contribution in [-0.4, -0.2) is 22.8 Å². The van der Waals surface area contributed by atoms with Gasteiger partial charge in [0, 0.05) is 18.0 Å². The first-order valence-corrected chi connectivity index (χ1v) is 9.26. The summed E-state index contributed by atoms with van der Waals surface area (Å²) >= 11 is 3.02. The van der Waals surface area contributed by atoms with E-state index < -0.39 is 0 Å². The molecule has 3 rings (SSSR count). The summed E-state index contributed by atoms with van der Waals surface area (Å²) in [5.41, 5.74) is 2.68. The Kier molecular flexibility index (Phi) is 4.78. The highest BCUT2D eigenvalue weighted by atomic mass is 32.1. The van der Waals surface area contributed by atoms with E-state index in [-0.39, 0.29) is 17.8 Å². The zero-order valence-corrected chi connectivity index (χ0v) is 15.2. The fraction of sp³-hybridized carbons (Fsp3) is 0.222. The molecule has 0 aliphatic carbocycles. The molecule has 3 aromatic rings. The molecule has 0 spiro atoms. The summed E-state index contributed by atoms with van der Waals surface area (Å²) in [6.07, 6.45) is 0. The molecule has 1 aromatic carbocycles. The molecule has 6 heteroatoms. The third kappa shape index (κ3) is 3.25. The van der Waals surface area contributed by atoms with Gasteiger partial charge in [0.1, 0.15) is 15.7 Å². The fourth-order valence-corrected chi connectivity index (χ4v) is 4.17. The molecule has 0 N–H and O–H groups in total. The van der Waals surface area contributed by atoms with E-state index in [4.69, 9.17) is 0 Å². The zero-order valence-electron chi connectivity index (χ0n) is 13.6. The third-order valence-corrected chi connectivity index (χ3v) is 5.89. The van der Waals surface area contributed by atoms with Gasteiger partial charge in [-0.2, -0.15) is 11.3 Å². The molecule has 124 valence electrons.